The van der Waals surface area contributed by atoms with Gasteiger partial charge < -0.3 is 5.11 Å². The van der Waals surface area contributed by atoms with E-state index in [2.05, 4.69) is 4.72 Å². The van der Waals surface area contributed by atoms with Crippen molar-refractivity contribution in [2.75, 3.05) is 0 Å². The maximum Gasteiger partial charge on any atom is 0.347 e. The molecule has 0 atom stereocenters. The van der Waals surface area contributed by atoms with Crippen LogP contribution in [0.25, 0.3) is 0 Å². The number of carbonyl (C=O) groups is 1. The lowest BCUT2D eigenvalue weighted by Gasteiger charge is -2.41. The topological polar surface area (TPSA) is 83.5 Å². The summed E-state index contributed by atoms with van der Waals surface area (Å²) in [5.74, 6) is -1.20. The Hall–Kier alpha value is -0.920. The number of sulfonamides is 1. The second kappa shape index (κ2) is 4.88. The first kappa shape index (κ1) is 14.5. The summed E-state index contributed by atoms with van der Waals surface area (Å²) in [6.07, 6.45) is 3.35. The van der Waals surface area contributed by atoms with E-state index in [1.165, 1.54) is 0 Å². The Bertz CT molecular complexity index is 594. The summed E-state index contributed by atoms with van der Waals surface area (Å²) in [5, 5.41) is 10.7. The summed E-state index contributed by atoms with van der Waals surface area (Å²) >= 11 is 0.952. The summed E-state index contributed by atoms with van der Waals surface area (Å²) in [4.78, 5) is 10.9. The van der Waals surface area contributed by atoms with Crippen molar-refractivity contribution in [1.29, 1.82) is 0 Å². The Morgan fingerprint density at radius 3 is 2.58 bits per heavy atom. The molecule has 1 aliphatic rings. The molecule has 0 radical (unpaired) electrons. The molecule has 1 aromatic rings. The van der Waals surface area contributed by atoms with Gasteiger partial charge in [0.2, 0.25) is 10.0 Å². The molecule has 0 bridgehead atoms. The van der Waals surface area contributed by atoms with Crippen molar-refractivity contribution >= 4 is 27.3 Å². The van der Waals surface area contributed by atoms with Gasteiger partial charge in [-0.25, -0.2) is 17.9 Å². The van der Waals surface area contributed by atoms with Gasteiger partial charge in [0.15, 0.2) is 0 Å². The first-order valence-electron chi connectivity index (χ1n) is 6.17. The number of carboxylic acids is 1. The molecule has 1 saturated carbocycles. The number of carboxylic acid groups (broad SMARTS) is 1. The number of rotatable bonds is 5. The van der Waals surface area contributed by atoms with Crippen molar-refractivity contribution in [2.24, 2.45) is 0 Å². The summed E-state index contributed by atoms with van der Waals surface area (Å²) in [7, 11) is -3.77. The van der Waals surface area contributed by atoms with E-state index >= 15 is 0 Å². The van der Waals surface area contributed by atoms with E-state index in [1.54, 1.807) is 12.3 Å². The minimum atomic E-state index is -3.77. The highest BCUT2D eigenvalue weighted by molar-refractivity contribution is 7.89. The monoisotopic (exact) mass is 303 g/mol. The van der Waals surface area contributed by atoms with Crippen molar-refractivity contribution in [3.05, 3.63) is 15.8 Å². The predicted molar refractivity (Wildman–Crippen MR) is 73.2 cm³/mol. The van der Waals surface area contributed by atoms with Crippen molar-refractivity contribution in [2.45, 2.75) is 50.0 Å². The number of hydrogen-bond donors (Lipinski definition) is 2. The van der Waals surface area contributed by atoms with Gasteiger partial charge in [0.25, 0.3) is 0 Å². The molecule has 2 N–H and O–H groups in total. The number of aromatic carboxylic acids is 1. The lowest BCUT2D eigenvalue weighted by atomic mass is 9.76. The number of hydrogen-bond acceptors (Lipinski definition) is 4. The van der Waals surface area contributed by atoms with E-state index in [9.17, 15) is 13.2 Å². The highest BCUT2D eigenvalue weighted by atomic mass is 32.2. The van der Waals surface area contributed by atoms with Gasteiger partial charge in [-0.1, -0.05) is 6.92 Å². The highest BCUT2D eigenvalue weighted by Gasteiger charge is 2.40. The molecule has 0 saturated heterocycles. The van der Waals surface area contributed by atoms with Crippen LogP contribution in [-0.4, -0.2) is 25.0 Å². The first-order valence-corrected chi connectivity index (χ1v) is 8.53. The van der Waals surface area contributed by atoms with Crippen LogP contribution in [-0.2, 0) is 10.0 Å². The molecule has 0 spiro atoms. The predicted octanol–water partition coefficient (Wildman–Crippen LogP) is 2.37. The average Bonchev–Trinajstić information content (AvgIpc) is 2.66. The van der Waals surface area contributed by atoms with Crippen molar-refractivity contribution in [3.8, 4) is 0 Å². The fraction of sp³-hybridized carbons (Fsp3) is 0.583. The highest BCUT2D eigenvalue weighted by Crippen LogP contribution is 2.37. The fourth-order valence-electron chi connectivity index (χ4n) is 2.38. The summed E-state index contributed by atoms with van der Waals surface area (Å²) in [6, 6.07) is 0. The van der Waals surface area contributed by atoms with E-state index in [0.29, 0.717) is 5.56 Å². The molecule has 0 amide bonds. The molecule has 0 unspecified atom stereocenters. The maximum absolute atomic E-state index is 12.4. The Morgan fingerprint density at radius 2 is 2.16 bits per heavy atom. The van der Waals surface area contributed by atoms with Crippen LogP contribution < -0.4 is 4.72 Å². The number of thiophene rings is 1. The van der Waals surface area contributed by atoms with Crippen LogP contribution in [0.15, 0.2) is 10.3 Å². The second-order valence-electron chi connectivity index (χ2n) is 4.98. The fourth-order valence-corrected chi connectivity index (χ4v) is 5.55. The maximum atomic E-state index is 12.4. The molecular weight excluding hydrogens is 286 g/mol. The van der Waals surface area contributed by atoms with Gasteiger partial charge >= 0.3 is 5.97 Å². The van der Waals surface area contributed by atoms with Gasteiger partial charge in [0.1, 0.15) is 9.77 Å². The van der Waals surface area contributed by atoms with Gasteiger partial charge in [-0.05, 0) is 43.6 Å². The van der Waals surface area contributed by atoms with Gasteiger partial charge in [-0.2, -0.15) is 0 Å². The van der Waals surface area contributed by atoms with E-state index < -0.39 is 16.0 Å². The van der Waals surface area contributed by atoms with Crippen molar-refractivity contribution < 1.29 is 18.3 Å². The van der Waals surface area contributed by atoms with E-state index in [-0.39, 0.29) is 15.3 Å². The Morgan fingerprint density at radius 1 is 1.53 bits per heavy atom. The Kier molecular flexibility index (Phi) is 3.72. The molecule has 2 rings (SSSR count). The quantitative estimate of drug-likeness (QED) is 0.874. The van der Waals surface area contributed by atoms with Crippen LogP contribution in [0.4, 0.5) is 0 Å². The third-order valence-corrected chi connectivity index (χ3v) is 6.70. The Labute approximate surface area is 116 Å². The molecule has 19 heavy (non-hydrogen) atoms. The standard InChI is InChI=1S/C12H17NO4S2/c1-3-12(5-4-6-12)13-19(16,17)10-8(2)7-18-9(10)11(14)15/h7,13H,3-6H2,1-2H3,(H,14,15). The third kappa shape index (κ3) is 2.54. The molecule has 0 aromatic carbocycles. The molecule has 106 valence electrons. The van der Waals surface area contributed by atoms with Crippen LogP contribution in [0.3, 0.4) is 0 Å². The molecule has 1 aliphatic carbocycles. The van der Waals surface area contributed by atoms with Gasteiger partial charge in [-0.15, -0.1) is 11.3 Å². The second-order valence-corrected chi connectivity index (χ2v) is 7.47. The third-order valence-electron chi connectivity index (χ3n) is 3.72. The average molecular weight is 303 g/mol. The summed E-state index contributed by atoms with van der Waals surface area (Å²) in [6.45, 7) is 3.57. The largest absolute Gasteiger partial charge is 0.477 e. The molecule has 1 heterocycles. The van der Waals surface area contributed by atoms with Crippen molar-refractivity contribution in [3.63, 3.8) is 0 Å². The minimum Gasteiger partial charge on any atom is -0.477 e. The zero-order valence-electron chi connectivity index (χ0n) is 10.9. The summed E-state index contributed by atoms with van der Waals surface area (Å²) in [5.41, 5.74) is 0.101. The zero-order valence-corrected chi connectivity index (χ0v) is 12.5. The number of nitrogens with one attached hydrogen (secondary N) is 1. The van der Waals surface area contributed by atoms with Crippen molar-refractivity contribution in [1.82, 2.24) is 4.72 Å². The van der Waals surface area contributed by atoms with Crippen LogP contribution >= 0.6 is 11.3 Å². The van der Waals surface area contributed by atoms with Crippen LogP contribution in [0.2, 0.25) is 0 Å². The SMILES string of the molecule is CCC1(NS(=O)(=O)c2c(C)csc2C(=O)O)CCC1. The van der Waals surface area contributed by atoms with Crippen LogP contribution in [0, 0.1) is 6.92 Å². The van der Waals surface area contributed by atoms with Gasteiger partial charge in [-0.3, -0.25) is 0 Å². The Balaban J connectivity index is 2.40. The van der Waals surface area contributed by atoms with Gasteiger partial charge in [0.05, 0.1) is 0 Å². The van der Waals surface area contributed by atoms with E-state index in [4.69, 9.17) is 5.11 Å². The minimum absolute atomic E-state index is 0.0790. The smallest absolute Gasteiger partial charge is 0.347 e. The molecule has 5 nitrogen and oxygen atoms in total. The normalized spacial score (nSPS) is 18.0. The first-order chi connectivity index (χ1) is 8.81. The van der Waals surface area contributed by atoms with Gasteiger partial charge in [0, 0.05) is 5.54 Å². The molecule has 1 aromatic heterocycles. The summed E-state index contributed by atoms with van der Waals surface area (Å²) < 4.78 is 27.6. The molecule has 7 heteroatoms. The van der Waals surface area contributed by atoms with E-state index in [0.717, 1.165) is 37.0 Å². The number of aryl methyl sites for hydroxylation is 1. The lowest BCUT2D eigenvalue weighted by Crippen LogP contribution is -2.52. The molecule has 0 aliphatic heterocycles. The van der Waals surface area contributed by atoms with Crippen LogP contribution in [0.1, 0.15) is 47.8 Å². The van der Waals surface area contributed by atoms with Crippen LogP contribution in [0.5, 0.6) is 0 Å². The zero-order chi connectivity index (χ0) is 14.3. The molecule has 1 fully saturated rings. The van der Waals surface area contributed by atoms with E-state index in [1.807, 2.05) is 6.92 Å². The lowest BCUT2D eigenvalue weighted by molar-refractivity contribution is 0.0698. The molecular formula is C12H17NO4S2.